The van der Waals surface area contributed by atoms with Crippen LogP contribution in [0.4, 0.5) is 0 Å². The lowest BCUT2D eigenvalue weighted by molar-refractivity contribution is 0.476. The third-order valence-electron chi connectivity index (χ3n) is 2.50. The van der Waals surface area contributed by atoms with Crippen LogP contribution in [0, 0.1) is 3.57 Å². The van der Waals surface area contributed by atoms with Gasteiger partial charge in [-0.1, -0.05) is 6.07 Å². The Morgan fingerprint density at radius 1 is 1.24 bits per heavy atom. The van der Waals surface area contributed by atoms with Gasteiger partial charge in [0.25, 0.3) is 0 Å². The van der Waals surface area contributed by atoms with E-state index in [1.807, 2.05) is 18.3 Å². The van der Waals surface area contributed by atoms with Crippen molar-refractivity contribution in [3.05, 3.63) is 46.4 Å². The van der Waals surface area contributed by atoms with Crippen LogP contribution in [0.15, 0.2) is 42.9 Å². The predicted octanol–water partition coefficient (Wildman–Crippen LogP) is 2.73. The Bertz CT molecular complexity index is 693. The van der Waals surface area contributed by atoms with E-state index < -0.39 is 0 Å². The van der Waals surface area contributed by atoms with Crippen molar-refractivity contribution >= 4 is 33.4 Å². The fourth-order valence-corrected chi connectivity index (χ4v) is 2.13. The summed E-state index contributed by atoms with van der Waals surface area (Å²) in [7, 11) is 0. The van der Waals surface area contributed by atoms with Crippen molar-refractivity contribution in [2.75, 3.05) is 0 Å². The van der Waals surface area contributed by atoms with Gasteiger partial charge in [0.15, 0.2) is 5.82 Å². The van der Waals surface area contributed by atoms with Crippen LogP contribution >= 0.6 is 22.6 Å². The molecule has 0 radical (unpaired) electrons. The highest BCUT2D eigenvalue weighted by Gasteiger charge is 2.06. The van der Waals surface area contributed by atoms with Crippen LogP contribution < -0.4 is 0 Å². The van der Waals surface area contributed by atoms with Crippen molar-refractivity contribution in [1.29, 1.82) is 0 Å². The van der Waals surface area contributed by atoms with Crippen molar-refractivity contribution in [3.8, 4) is 11.6 Å². The molecule has 3 aromatic rings. The van der Waals surface area contributed by atoms with Crippen molar-refractivity contribution in [1.82, 2.24) is 14.8 Å². The molecule has 3 rings (SSSR count). The topological polar surface area (TPSA) is 50.9 Å². The zero-order chi connectivity index (χ0) is 11.8. The van der Waals surface area contributed by atoms with E-state index in [1.54, 1.807) is 29.2 Å². The van der Waals surface area contributed by atoms with Crippen molar-refractivity contribution in [2.24, 2.45) is 0 Å². The monoisotopic (exact) mass is 337 g/mol. The van der Waals surface area contributed by atoms with E-state index >= 15 is 0 Å². The molecule has 0 saturated heterocycles. The Morgan fingerprint density at radius 2 is 2.12 bits per heavy atom. The minimum atomic E-state index is 0.230. The number of hydrogen-bond acceptors (Lipinski definition) is 3. The van der Waals surface area contributed by atoms with Crippen LogP contribution in [0.3, 0.4) is 0 Å². The second-order valence-electron chi connectivity index (χ2n) is 3.64. The lowest BCUT2D eigenvalue weighted by Crippen LogP contribution is -1.98. The highest BCUT2D eigenvalue weighted by Crippen LogP contribution is 2.24. The number of halogens is 1. The lowest BCUT2D eigenvalue weighted by Gasteiger charge is -2.05. The van der Waals surface area contributed by atoms with Crippen LogP contribution in [0.5, 0.6) is 5.75 Å². The maximum atomic E-state index is 9.55. The van der Waals surface area contributed by atoms with Crippen molar-refractivity contribution in [2.45, 2.75) is 0 Å². The third-order valence-corrected chi connectivity index (χ3v) is 3.05. The van der Waals surface area contributed by atoms with Gasteiger partial charge >= 0.3 is 0 Å². The average Bonchev–Trinajstić information content (AvgIpc) is 2.75. The predicted molar refractivity (Wildman–Crippen MR) is 73.2 cm³/mol. The highest BCUT2D eigenvalue weighted by molar-refractivity contribution is 14.1. The van der Waals surface area contributed by atoms with Gasteiger partial charge in [0.05, 0.1) is 9.77 Å². The Balaban J connectivity index is 2.32. The first-order valence-corrected chi connectivity index (χ1v) is 6.10. The van der Waals surface area contributed by atoms with E-state index in [1.165, 1.54) is 0 Å². The summed E-state index contributed by atoms with van der Waals surface area (Å²) in [5.74, 6) is 0.954. The summed E-state index contributed by atoms with van der Waals surface area (Å²) in [5.41, 5.74) is 0. The van der Waals surface area contributed by atoms with E-state index in [0.717, 1.165) is 20.2 Å². The summed E-state index contributed by atoms with van der Waals surface area (Å²) in [5, 5.41) is 15.7. The number of aromatic hydroxyl groups is 1. The average molecular weight is 337 g/mol. The summed E-state index contributed by atoms with van der Waals surface area (Å²) >= 11 is 2.20. The van der Waals surface area contributed by atoms with Gasteiger partial charge in [-0.25, -0.2) is 9.67 Å². The second kappa shape index (κ2) is 3.99. The quantitative estimate of drug-likeness (QED) is 0.695. The molecule has 0 spiro atoms. The molecule has 0 saturated carbocycles. The molecule has 84 valence electrons. The Morgan fingerprint density at radius 3 is 2.88 bits per heavy atom. The van der Waals surface area contributed by atoms with Gasteiger partial charge in [-0.05, 0) is 46.2 Å². The minimum Gasteiger partial charge on any atom is -0.508 e. The molecule has 0 unspecified atom stereocenters. The molecule has 4 nitrogen and oxygen atoms in total. The molecule has 0 fully saturated rings. The van der Waals surface area contributed by atoms with Gasteiger partial charge in [-0.3, -0.25) is 0 Å². The minimum absolute atomic E-state index is 0.230. The Kier molecular flexibility index (Phi) is 2.47. The van der Waals surface area contributed by atoms with Gasteiger partial charge in [-0.15, -0.1) is 0 Å². The largest absolute Gasteiger partial charge is 0.508 e. The third kappa shape index (κ3) is 1.86. The number of phenolic OH excluding ortho intramolecular Hbond substituents is 1. The van der Waals surface area contributed by atoms with E-state index in [-0.39, 0.29) is 5.75 Å². The van der Waals surface area contributed by atoms with Crippen LogP contribution in [-0.2, 0) is 0 Å². The zero-order valence-electron chi connectivity index (χ0n) is 8.71. The molecule has 1 N–H and O–H groups in total. The number of nitrogens with zero attached hydrogens (tertiary/aromatic N) is 3. The number of phenols is 1. The van der Waals surface area contributed by atoms with Crippen LogP contribution in [0.25, 0.3) is 16.6 Å². The van der Waals surface area contributed by atoms with Gasteiger partial charge in [0.1, 0.15) is 5.75 Å². The standard InChI is InChI=1S/C12H8IN3O/c13-9-6-15-16(7-9)12-11-5-10(17)2-1-8(11)3-4-14-12/h1-7,17H. The van der Waals surface area contributed by atoms with Crippen LogP contribution in [-0.4, -0.2) is 19.9 Å². The SMILES string of the molecule is Oc1ccc2ccnc(-n3cc(I)cn3)c2c1. The molecule has 0 amide bonds. The maximum absolute atomic E-state index is 9.55. The number of hydrogen-bond donors (Lipinski definition) is 1. The fourth-order valence-electron chi connectivity index (χ4n) is 1.74. The second-order valence-corrected chi connectivity index (χ2v) is 4.89. The normalized spacial score (nSPS) is 10.9. The van der Waals surface area contributed by atoms with Crippen LogP contribution in [0.2, 0.25) is 0 Å². The first kappa shape index (κ1) is 10.5. The van der Waals surface area contributed by atoms with Crippen molar-refractivity contribution in [3.63, 3.8) is 0 Å². The summed E-state index contributed by atoms with van der Waals surface area (Å²) in [6.07, 6.45) is 5.40. The summed E-state index contributed by atoms with van der Waals surface area (Å²) < 4.78 is 2.75. The molecule has 0 atom stereocenters. The van der Waals surface area contributed by atoms with Gasteiger partial charge in [-0.2, -0.15) is 5.10 Å². The molecule has 0 bridgehead atoms. The zero-order valence-corrected chi connectivity index (χ0v) is 10.9. The molecule has 0 aliphatic rings. The number of benzene rings is 1. The highest BCUT2D eigenvalue weighted by atomic mass is 127. The number of rotatable bonds is 1. The van der Waals surface area contributed by atoms with Gasteiger partial charge in [0, 0.05) is 17.8 Å². The molecule has 1 aromatic carbocycles. The molecule has 2 aromatic heterocycles. The lowest BCUT2D eigenvalue weighted by atomic mass is 10.1. The smallest absolute Gasteiger partial charge is 0.161 e. The molecule has 5 heteroatoms. The van der Waals surface area contributed by atoms with Gasteiger partial charge < -0.3 is 5.11 Å². The molecular weight excluding hydrogens is 329 g/mol. The molecule has 0 aliphatic carbocycles. The van der Waals surface area contributed by atoms with Crippen LogP contribution in [0.1, 0.15) is 0 Å². The van der Waals surface area contributed by atoms with Crippen molar-refractivity contribution < 1.29 is 5.11 Å². The molecular formula is C12H8IN3O. The number of aromatic nitrogens is 3. The van der Waals surface area contributed by atoms with E-state index in [9.17, 15) is 5.11 Å². The summed E-state index contributed by atoms with van der Waals surface area (Å²) in [6, 6.07) is 7.14. The molecule has 0 aliphatic heterocycles. The Labute approximate surface area is 111 Å². The summed E-state index contributed by atoms with van der Waals surface area (Å²) in [4.78, 5) is 4.32. The molecule has 2 heterocycles. The fraction of sp³-hybridized carbons (Fsp3) is 0. The summed E-state index contributed by atoms with van der Waals surface area (Å²) in [6.45, 7) is 0. The van der Waals surface area contributed by atoms with Gasteiger partial charge in [0.2, 0.25) is 0 Å². The first-order valence-electron chi connectivity index (χ1n) is 5.02. The molecule has 17 heavy (non-hydrogen) atoms. The Hall–Kier alpha value is -1.63. The number of fused-ring (bicyclic) bond motifs is 1. The first-order chi connectivity index (χ1) is 8.24. The van der Waals surface area contributed by atoms with E-state index in [0.29, 0.717) is 0 Å². The maximum Gasteiger partial charge on any atom is 0.161 e. The number of pyridine rings is 1. The van der Waals surface area contributed by atoms with E-state index in [2.05, 4.69) is 32.7 Å². The van der Waals surface area contributed by atoms with E-state index in [4.69, 9.17) is 0 Å².